The molecule has 3 heterocycles. The van der Waals surface area contributed by atoms with Gasteiger partial charge in [0.1, 0.15) is 0 Å². The van der Waals surface area contributed by atoms with Crippen molar-refractivity contribution in [1.82, 2.24) is 18.8 Å². The minimum Gasteiger partial charge on any atom is -0.379 e. The van der Waals surface area contributed by atoms with Gasteiger partial charge in [-0.25, -0.2) is 13.4 Å². The van der Waals surface area contributed by atoms with Gasteiger partial charge in [-0.1, -0.05) is 11.8 Å². The molecule has 0 saturated carbocycles. The molecule has 0 N–H and O–H groups in total. The zero-order chi connectivity index (χ0) is 21.3. The number of fused-ring (bicyclic) bond motifs is 1. The van der Waals surface area contributed by atoms with E-state index in [-0.39, 0.29) is 16.1 Å². The zero-order valence-corrected chi connectivity index (χ0v) is 19.0. The molecule has 30 heavy (non-hydrogen) atoms. The molecule has 0 aliphatic carbocycles. The first-order valence-electron chi connectivity index (χ1n) is 10.5. The predicted octanol–water partition coefficient (Wildman–Crippen LogP) is 2.18. The van der Waals surface area contributed by atoms with Crippen molar-refractivity contribution < 1.29 is 17.9 Å². The molecule has 2 aliphatic heterocycles. The summed E-state index contributed by atoms with van der Waals surface area (Å²) in [4.78, 5) is 19.6. The predicted molar refractivity (Wildman–Crippen MR) is 116 cm³/mol. The van der Waals surface area contributed by atoms with Crippen molar-refractivity contribution in [3.8, 4) is 0 Å². The van der Waals surface area contributed by atoms with Gasteiger partial charge in [0.05, 0.1) is 34.4 Å². The van der Waals surface area contributed by atoms with E-state index in [0.29, 0.717) is 38.4 Å². The topological polar surface area (TPSA) is 84.7 Å². The Hall–Kier alpha value is -1.62. The Morgan fingerprint density at radius 2 is 1.90 bits per heavy atom. The number of carbonyl (C=O) groups excluding carboxylic acids is 1. The Labute approximate surface area is 181 Å². The highest BCUT2D eigenvalue weighted by atomic mass is 32.2. The first kappa shape index (κ1) is 21.6. The number of amides is 1. The second-order valence-corrected chi connectivity index (χ2v) is 10.8. The monoisotopic (exact) mass is 452 g/mol. The number of thioether (sulfide) groups is 1. The van der Waals surface area contributed by atoms with Gasteiger partial charge in [-0.05, 0) is 44.9 Å². The van der Waals surface area contributed by atoms with E-state index >= 15 is 0 Å². The molecular formula is C20H28N4O4S2. The number of aromatic nitrogens is 2. The van der Waals surface area contributed by atoms with Crippen LogP contribution in [0.3, 0.4) is 0 Å². The Morgan fingerprint density at radius 3 is 2.57 bits per heavy atom. The first-order valence-corrected chi connectivity index (χ1v) is 12.8. The molecule has 0 bridgehead atoms. The van der Waals surface area contributed by atoms with E-state index in [1.54, 1.807) is 12.1 Å². The highest BCUT2D eigenvalue weighted by molar-refractivity contribution is 8.00. The molecule has 1 amide bonds. The maximum absolute atomic E-state index is 13.0. The molecule has 1 unspecified atom stereocenters. The van der Waals surface area contributed by atoms with Gasteiger partial charge in [0.2, 0.25) is 15.9 Å². The van der Waals surface area contributed by atoms with Crippen molar-refractivity contribution >= 4 is 38.7 Å². The van der Waals surface area contributed by atoms with Crippen molar-refractivity contribution in [2.24, 2.45) is 0 Å². The summed E-state index contributed by atoms with van der Waals surface area (Å²) in [6, 6.07) is 5.10. The Balaban J connectivity index is 1.61. The summed E-state index contributed by atoms with van der Waals surface area (Å²) >= 11 is 1.44. The molecule has 8 nitrogen and oxygen atoms in total. The van der Waals surface area contributed by atoms with E-state index in [2.05, 4.69) is 0 Å². The van der Waals surface area contributed by atoms with Crippen molar-refractivity contribution in [3.63, 3.8) is 0 Å². The van der Waals surface area contributed by atoms with Gasteiger partial charge in [-0.2, -0.15) is 4.31 Å². The second-order valence-electron chi connectivity index (χ2n) is 7.60. The average Bonchev–Trinajstić information content (AvgIpc) is 3.41. The lowest BCUT2D eigenvalue weighted by molar-refractivity contribution is -0.129. The van der Waals surface area contributed by atoms with E-state index in [0.717, 1.165) is 36.6 Å². The number of hydrogen-bond acceptors (Lipinski definition) is 6. The summed E-state index contributed by atoms with van der Waals surface area (Å²) in [6.07, 6.45) is 2.13. The van der Waals surface area contributed by atoms with E-state index in [4.69, 9.17) is 9.72 Å². The molecule has 164 valence electrons. The average molecular weight is 453 g/mol. The lowest BCUT2D eigenvalue weighted by Crippen LogP contribution is -2.40. The fraction of sp³-hybridized carbons (Fsp3) is 0.600. The van der Waals surface area contributed by atoms with E-state index in [1.165, 1.54) is 16.1 Å². The Morgan fingerprint density at radius 1 is 1.20 bits per heavy atom. The van der Waals surface area contributed by atoms with Crippen LogP contribution in [0.4, 0.5) is 0 Å². The van der Waals surface area contributed by atoms with Crippen LogP contribution in [0.2, 0.25) is 0 Å². The summed E-state index contributed by atoms with van der Waals surface area (Å²) < 4.78 is 34.7. The number of carbonyl (C=O) groups is 1. The quantitative estimate of drug-likeness (QED) is 0.625. The van der Waals surface area contributed by atoms with Gasteiger partial charge in [0.15, 0.2) is 5.16 Å². The van der Waals surface area contributed by atoms with Crippen molar-refractivity contribution in [2.45, 2.75) is 48.5 Å². The van der Waals surface area contributed by atoms with Crippen LogP contribution >= 0.6 is 11.8 Å². The first-order chi connectivity index (χ1) is 14.4. The normalized spacial score (nSPS) is 19.5. The molecule has 10 heteroatoms. The van der Waals surface area contributed by atoms with Crippen LogP contribution in [0, 0.1) is 0 Å². The molecule has 1 aromatic carbocycles. The lowest BCUT2D eigenvalue weighted by Gasteiger charge is -2.26. The van der Waals surface area contributed by atoms with Gasteiger partial charge in [-0.3, -0.25) is 4.79 Å². The van der Waals surface area contributed by atoms with Crippen LogP contribution in [0.15, 0.2) is 28.3 Å². The fourth-order valence-corrected chi connectivity index (χ4v) is 6.48. The molecule has 4 rings (SSSR count). The number of sulfonamides is 1. The molecule has 0 radical (unpaired) electrons. The van der Waals surface area contributed by atoms with Crippen LogP contribution in [-0.4, -0.2) is 77.7 Å². The van der Waals surface area contributed by atoms with Crippen molar-refractivity contribution in [3.05, 3.63) is 18.2 Å². The van der Waals surface area contributed by atoms with Crippen LogP contribution in [0.5, 0.6) is 0 Å². The zero-order valence-electron chi connectivity index (χ0n) is 17.4. The van der Waals surface area contributed by atoms with Gasteiger partial charge in [0, 0.05) is 32.7 Å². The molecule has 2 aromatic rings. The number of aryl methyl sites for hydroxylation is 1. The number of morpholine rings is 1. The molecule has 1 aromatic heterocycles. The number of likely N-dealkylation sites (tertiary alicyclic amines) is 1. The lowest BCUT2D eigenvalue weighted by atomic mass is 10.3. The number of imidazole rings is 1. The Kier molecular flexibility index (Phi) is 6.38. The minimum absolute atomic E-state index is 0.141. The maximum atomic E-state index is 13.0. The molecule has 2 fully saturated rings. The molecule has 0 spiro atoms. The van der Waals surface area contributed by atoms with Crippen molar-refractivity contribution in [2.75, 3.05) is 39.4 Å². The third-order valence-corrected chi connectivity index (χ3v) is 8.63. The van der Waals surface area contributed by atoms with Crippen LogP contribution in [0.1, 0.15) is 26.7 Å². The van der Waals surface area contributed by atoms with E-state index < -0.39 is 10.0 Å². The van der Waals surface area contributed by atoms with Gasteiger partial charge >= 0.3 is 0 Å². The summed E-state index contributed by atoms with van der Waals surface area (Å²) in [6.45, 7) is 7.84. The van der Waals surface area contributed by atoms with Crippen LogP contribution in [-0.2, 0) is 26.1 Å². The molecular weight excluding hydrogens is 424 g/mol. The number of nitrogens with zero attached hydrogens (tertiary/aromatic N) is 4. The molecule has 1 atom stereocenters. The number of benzene rings is 1. The van der Waals surface area contributed by atoms with Gasteiger partial charge in [0.25, 0.3) is 0 Å². The van der Waals surface area contributed by atoms with E-state index in [9.17, 15) is 13.2 Å². The molecule has 2 aliphatic rings. The summed E-state index contributed by atoms with van der Waals surface area (Å²) in [7, 11) is -3.57. The van der Waals surface area contributed by atoms with Crippen molar-refractivity contribution in [1.29, 1.82) is 0 Å². The van der Waals surface area contributed by atoms with Crippen LogP contribution < -0.4 is 0 Å². The maximum Gasteiger partial charge on any atom is 0.243 e. The smallest absolute Gasteiger partial charge is 0.243 e. The van der Waals surface area contributed by atoms with Gasteiger partial charge in [-0.15, -0.1) is 0 Å². The SMILES string of the molecule is CCn1c(SC(C)C(=O)N2CCCC2)nc2cc(S(=O)(=O)N3CCOCC3)ccc21. The summed E-state index contributed by atoms with van der Waals surface area (Å²) in [5.74, 6) is 0.141. The summed E-state index contributed by atoms with van der Waals surface area (Å²) in [5.41, 5.74) is 1.51. The second kappa shape index (κ2) is 8.86. The number of hydrogen-bond donors (Lipinski definition) is 0. The minimum atomic E-state index is -3.57. The van der Waals surface area contributed by atoms with E-state index in [1.807, 2.05) is 29.4 Å². The Bertz CT molecular complexity index is 1020. The largest absolute Gasteiger partial charge is 0.379 e. The fourth-order valence-electron chi connectivity index (χ4n) is 3.98. The third-order valence-electron chi connectivity index (χ3n) is 5.66. The standard InChI is InChI=1S/C20H28N4O4S2/c1-3-24-18-7-6-16(30(26,27)23-10-12-28-13-11-23)14-17(18)21-20(24)29-15(2)19(25)22-8-4-5-9-22/h6-7,14-15H,3-5,8-13H2,1-2H3. The number of ether oxygens (including phenoxy) is 1. The number of rotatable bonds is 6. The molecule has 2 saturated heterocycles. The van der Waals surface area contributed by atoms with Crippen LogP contribution in [0.25, 0.3) is 11.0 Å². The van der Waals surface area contributed by atoms with Gasteiger partial charge < -0.3 is 14.2 Å². The highest BCUT2D eigenvalue weighted by Gasteiger charge is 2.28. The summed E-state index contributed by atoms with van der Waals surface area (Å²) in [5, 5.41) is 0.509. The third kappa shape index (κ3) is 4.10. The highest BCUT2D eigenvalue weighted by Crippen LogP contribution is 2.30.